The molecule has 0 unspecified atom stereocenters. The Labute approximate surface area is 174 Å². The van der Waals surface area contributed by atoms with Crippen molar-refractivity contribution in [3.8, 4) is 0 Å². The molecule has 0 atom stereocenters. The Bertz CT molecular complexity index is 1120. The van der Waals surface area contributed by atoms with Crippen LogP contribution in [0.15, 0.2) is 54.9 Å². The maximum atomic E-state index is 13.0. The topological polar surface area (TPSA) is 148 Å². The summed E-state index contributed by atoms with van der Waals surface area (Å²) in [6.07, 6.45) is 1.06. The highest BCUT2D eigenvalue weighted by molar-refractivity contribution is 5.95. The lowest BCUT2D eigenvalue weighted by atomic mass is 10.2. The van der Waals surface area contributed by atoms with E-state index in [1.165, 1.54) is 43.5 Å². The minimum Gasteiger partial charge on any atom is -0.465 e. The van der Waals surface area contributed by atoms with Crippen LogP contribution >= 0.6 is 0 Å². The number of benzene rings is 2. The van der Waals surface area contributed by atoms with Gasteiger partial charge in [0.15, 0.2) is 0 Å². The molecule has 2 aromatic carbocycles. The molecular formula is C19H15FN6O5. The van der Waals surface area contributed by atoms with Gasteiger partial charge in [-0.3, -0.25) is 25.8 Å². The Morgan fingerprint density at radius 1 is 1.00 bits per heavy atom. The number of hydrazine groups is 1. The van der Waals surface area contributed by atoms with Gasteiger partial charge < -0.3 is 10.1 Å². The highest BCUT2D eigenvalue weighted by Crippen LogP contribution is 2.30. The number of nitrogens with one attached hydrogen (secondary N) is 3. The summed E-state index contributed by atoms with van der Waals surface area (Å²) >= 11 is 0. The molecule has 1 heterocycles. The fourth-order valence-corrected chi connectivity index (χ4v) is 2.47. The van der Waals surface area contributed by atoms with E-state index in [2.05, 4.69) is 30.9 Å². The van der Waals surface area contributed by atoms with Crippen molar-refractivity contribution in [1.82, 2.24) is 15.4 Å². The number of nitro groups is 1. The molecule has 158 valence electrons. The van der Waals surface area contributed by atoms with Crippen molar-refractivity contribution >= 4 is 34.9 Å². The fourth-order valence-electron chi connectivity index (χ4n) is 2.47. The van der Waals surface area contributed by atoms with Crippen molar-refractivity contribution in [1.29, 1.82) is 0 Å². The molecule has 12 heteroatoms. The van der Waals surface area contributed by atoms with Crippen LogP contribution in [0.5, 0.6) is 0 Å². The van der Waals surface area contributed by atoms with E-state index in [1.54, 1.807) is 0 Å². The van der Waals surface area contributed by atoms with Crippen molar-refractivity contribution < 1.29 is 23.6 Å². The number of ether oxygens (including phenoxy) is 1. The van der Waals surface area contributed by atoms with Gasteiger partial charge in [0.1, 0.15) is 12.1 Å². The minimum absolute atomic E-state index is 0.134. The van der Waals surface area contributed by atoms with E-state index in [0.717, 1.165) is 18.5 Å². The first-order valence-electron chi connectivity index (χ1n) is 8.65. The van der Waals surface area contributed by atoms with Crippen LogP contribution in [-0.4, -0.2) is 33.9 Å². The van der Waals surface area contributed by atoms with Gasteiger partial charge in [0.05, 0.1) is 17.6 Å². The zero-order valence-electron chi connectivity index (χ0n) is 16.0. The quantitative estimate of drug-likeness (QED) is 0.294. The summed E-state index contributed by atoms with van der Waals surface area (Å²) in [5.74, 6) is -2.11. The molecular weight excluding hydrogens is 411 g/mol. The van der Waals surface area contributed by atoms with Crippen LogP contribution in [0.2, 0.25) is 0 Å². The van der Waals surface area contributed by atoms with E-state index in [-0.39, 0.29) is 17.2 Å². The van der Waals surface area contributed by atoms with E-state index < -0.39 is 28.3 Å². The summed E-state index contributed by atoms with van der Waals surface area (Å²) in [6, 6.07) is 10.7. The number of nitrogens with zero attached hydrogens (tertiary/aromatic N) is 3. The molecule has 0 bridgehead atoms. The lowest BCUT2D eigenvalue weighted by molar-refractivity contribution is -0.383. The lowest BCUT2D eigenvalue weighted by Crippen LogP contribution is -2.30. The predicted octanol–water partition coefficient (Wildman–Crippen LogP) is 2.81. The zero-order chi connectivity index (χ0) is 22.4. The number of carbonyl (C=O) groups is 2. The second kappa shape index (κ2) is 9.26. The van der Waals surface area contributed by atoms with Crippen LogP contribution in [0.4, 0.5) is 27.4 Å². The molecule has 0 saturated heterocycles. The van der Waals surface area contributed by atoms with Crippen LogP contribution in [0.1, 0.15) is 20.7 Å². The van der Waals surface area contributed by atoms with Crippen molar-refractivity contribution in [2.24, 2.45) is 0 Å². The second-order valence-electron chi connectivity index (χ2n) is 5.96. The zero-order valence-corrected chi connectivity index (χ0v) is 16.0. The molecule has 1 amide bonds. The first-order valence-corrected chi connectivity index (χ1v) is 8.65. The standard InChI is InChI=1S/C19H15FN6O5/c1-31-19(28)12-4-8-14(9-5-12)23-16-15(26(29)30)17(22-10-21-16)24-25-18(27)11-2-6-13(20)7-3-11/h2-10H,1H3,(H,25,27)(H2,21,22,23,24). The van der Waals surface area contributed by atoms with Gasteiger partial charge in [0, 0.05) is 11.3 Å². The molecule has 0 saturated carbocycles. The highest BCUT2D eigenvalue weighted by Gasteiger charge is 2.24. The van der Waals surface area contributed by atoms with Crippen LogP contribution in [-0.2, 0) is 4.74 Å². The number of methoxy groups -OCH3 is 1. The van der Waals surface area contributed by atoms with Gasteiger partial charge >= 0.3 is 11.7 Å². The molecule has 0 radical (unpaired) electrons. The smallest absolute Gasteiger partial charge is 0.355 e. The second-order valence-corrected chi connectivity index (χ2v) is 5.96. The van der Waals surface area contributed by atoms with Crippen LogP contribution in [0.3, 0.4) is 0 Å². The molecule has 0 spiro atoms. The highest BCUT2D eigenvalue weighted by atomic mass is 19.1. The molecule has 0 aliphatic rings. The van der Waals surface area contributed by atoms with Crippen molar-refractivity contribution in [3.63, 3.8) is 0 Å². The van der Waals surface area contributed by atoms with Crippen molar-refractivity contribution in [3.05, 3.63) is 81.9 Å². The lowest BCUT2D eigenvalue weighted by Gasteiger charge is -2.11. The van der Waals surface area contributed by atoms with Crippen LogP contribution in [0, 0.1) is 15.9 Å². The number of carbonyl (C=O) groups excluding carboxylic acids is 2. The Kier molecular flexibility index (Phi) is 6.30. The number of hydrogen-bond donors (Lipinski definition) is 3. The number of amides is 1. The summed E-state index contributed by atoms with van der Waals surface area (Å²) in [5, 5.41) is 14.4. The van der Waals surface area contributed by atoms with Gasteiger partial charge in [-0.25, -0.2) is 19.2 Å². The molecule has 11 nitrogen and oxygen atoms in total. The van der Waals surface area contributed by atoms with E-state index >= 15 is 0 Å². The maximum absolute atomic E-state index is 13.0. The molecule has 0 aliphatic carbocycles. The summed E-state index contributed by atoms with van der Waals surface area (Å²) in [5.41, 5.74) is 4.96. The first kappa shape index (κ1) is 21.1. The Balaban J connectivity index is 1.79. The van der Waals surface area contributed by atoms with Gasteiger partial charge in [-0.1, -0.05) is 0 Å². The average Bonchev–Trinajstić information content (AvgIpc) is 2.77. The summed E-state index contributed by atoms with van der Waals surface area (Å²) < 4.78 is 17.6. The van der Waals surface area contributed by atoms with E-state index in [4.69, 9.17) is 0 Å². The largest absolute Gasteiger partial charge is 0.465 e. The third kappa shape index (κ3) is 5.06. The van der Waals surface area contributed by atoms with Crippen LogP contribution in [0.25, 0.3) is 0 Å². The number of hydrogen-bond acceptors (Lipinski definition) is 9. The average molecular weight is 426 g/mol. The Morgan fingerprint density at radius 3 is 2.23 bits per heavy atom. The number of aromatic nitrogens is 2. The molecule has 0 fully saturated rings. The van der Waals surface area contributed by atoms with E-state index in [9.17, 15) is 24.1 Å². The summed E-state index contributed by atoms with van der Waals surface area (Å²) in [4.78, 5) is 42.2. The maximum Gasteiger partial charge on any atom is 0.355 e. The third-order valence-corrected chi connectivity index (χ3v) is 3.97. The van der Waals surface area contributed by atoms with E-state index in [0.29, 0.717) is 11.3 Å². The number of rotatable bonds is 7. The third-order valence-electron chi connectivity index (χ3n) is 3.97. The molecule has 0 aliphatic heterocycles. The summed E-state index contributed by atoms with van der Waals surface area (Å²) in [7, 11) is 1.25. The fraction of sp³-hybridized carbons (Fsp3) is 0.0526. The first-order chi connectivity index (χ1) is 14.9. The molecule has 31 heavy (non-hydrogen) atoms. The number of esters is 1. The van der Waals surface area contributed by atoms with Gasteiger partial charge in [-0.05, 0) is 48.5 Å². The van der Waals surface area contributed by atoms with Crippen molar-refractivity contribution in [2.45, 2.75) is 0 Å². The Hall–Kier alpha value is -4.61. The van der Waals surface area contributed by atoms with Gasteiger partial charge in [0.25, 0.3) is 5.91 Å². The number of halogens is 1. The summed E-state index contributed by atoms with van der Waals surface area (Å²) in [6.45, 7) is 0. The normalized spacial score (nSPS) is 10.1. The predicted molar refractivity (Wildman–Crippen MR) is 107 cm³/mol. The number of anilines is 3. The van der Waals surface area contributed by atoms with Crippen molar-refractivity contribution in [2.75, 3.05) is 17.9 Å². The molecule has 3 rings (SSSR count). The monoisotopic (exact) mass is 426 g/mol. The molecule has 1 aromatic heterocycles. The van der Waals surface area contributed by atoms with Crippen LogP contribution < -0.4 is 16.2 Å². The Morgan fingerprint density at radius 2 is 1.61 bits per heavy atom. The molecule has 3 N–H and O–H groups in total. The van der Waals surface area contributed by atoms with E-state index in [1.807, 2.05) is 0 Å². The van der Waals surface area contributed by atoms with Gasteiger partial charge in [-0.15, -0.1) is 0 Å². The van der Waals surface area contributed by atoms with Gasteiger partial charge in [0.2, 0.25) is 11.6 Å². The molecule has 3 aromatic rings. The van der Waals surface area contributed by atoms with Gasteiger partial charge in [-0.2, -0.15) is 0 Å². The SMILES string of the molecule is COC(=O)c1ccc(Nc2ncnc(NNC(=O)c3ccc(F)cc3)c2[N+](=O)[O-])cc1. The minimum atomic E-state index is -0.725.